The highest BCUT2D eigenvalue weighted by molar-refractivity contribution is 5.81. The molecule has 0 radical (unpaired) electrons. The average Bonchev–Trinajstić information content (AvgIpc) is 3.08. The van der Waals surface area contributed by atoms with E-state index in [1.165, 1.54) is 0 Å². The summed E-state index contributed by atoms with van der Waals surface area (Å²) in [5.41, 5.74) is 1.01. The van der Waals surface area contributed by atoms with E-state index < -0.39 is 5.92 Å². The highest BCUT2D eigenvalue weighted by Gasteiger charge is 2.41. The van der Waals surface area contributed by atoms with Gasteiger partial charge >= 0.3 is 0 Å². The Kier molecular flexibility index (Phi) is 3.70. The van der Waals surface area contributed by atoms with E-state index >= 15 is 0 Å². The molecular formula is C16H18N2O2. The molecule has 2 fully saturated rings. The summed E-state index contributed by atoms with van der Waals surface area (Å²) in [6.45, 7) is 0. The molecule has 4 heteroatoms. The minimum Gasteiger partial charge on any atom is -0.373 e. The Balaban J connectivity index is 1.59. The van der Waals surface area contributed by atoms with Crippen LogP contribution in [-0.2, 0) is 16.0 Å². The van der Waals surface area contributed by atoms with Crippen LogP contribution in [0.2, 0.25) is 0 Å². The van der Waals surface area contributed by atoms with Gasteiger partial charge in [-0.25, -0.2) is 0 Å². The van der Waals surface area contributed by atoms with E-state index in [0.29, 0.717) is 12.5 Å². The molecule has 2 saturated heterocycles. The van der Waals surface area contributed by atoms with Crippen LogP contribution in [0.3, 0.4) is 0 Å². The summed E-state index contributed by atoms with van der Waals surface area (Å²) in [6.07, 6.45) is 3.93. The number of rotatable bonds is 4. The van der Waals surface area contributed by atoms with Gasteiger partial charge in [0.2, 0.25) is 5.91 Å². The Hall–Kier alpha value is -1.86. The van der Waals surface area contributed by atoms with Gasteiger partial charge in [-0.1, -0.05) is 30.3 Å². The summed E-state index contributed by atoms with van der Waals surface area (Å²) in [5, 5.41) is 12.2. The van der Waals surface area contributed by atoms with Crippen molar-refractivity contribution in [2.24, 2.45) is 5.92 Å². The number of fused-ring (bicyclic) bond motifs is 2. The largest absolute Gasteiger partial charge is 0.373 e. The Bertz CT molecular complexity index is 523. The number of amides is 1. The Morgan fingerprint density at radius 1 is 1.40 bits per heavy atom. The molecule has 2 heterocycles. The normalized spacial score (nSPS) is 28.9. The first-order valence-corrected chi connectivity index (χ1v) is 7.15. The first-order chi connectivity index (χ1) is 9.76. The number of nitrogens with zero attached hydrogens (tertiary/aromatic N) is 1. The van der Waals surface area contributed by atoms with Crippen LogP contribution in [0.15, 0.2) is 30.3 Å². The molecule has 104 valence electrons. The molecule has 4 nitrogen and oxygen atoms in total. The molecule has 4 atom stereocenters. The quantitative estimate of drug-likeness (QED) is 0.907. The summed E-state index contributed by atoms with van der Waals surface area (Å²) in [4.78, 5) is 12.2. The number of carbonyl (C=O) groups excluding carboxylic acids is 1. The molecule has 2 bridgehead atoms. The molecule has 1 aromatic carbocycles. The number of nitrogens with one attached hydrogen (secondary N) is 1. The zero-order valence-electron chi connectivity index (χ0n) is 11.3. The molecule has 20 heavy (non-hydrogen) atoms. The standard InChI is InChI=1S/C16H18N2O2/c17-10-12(8-11-4-2-1-3-5-11)16(19)18-14-9-13-6-7-15(14)20-13/h1-5,12-15H,6-9H2,(H,18,19). The van der Waals surface area contributed by atoms with Gasteiger partial charge in [-0.3, -0.25) is 4.79 Å². The van der Waals surface area contributed by atoms with Gasteiger partial charge in [0.1, 0.15) is 5.92 Å². The number of benzene rings is 1. The van der Waals surface area contributed by atoms with Gasteiger partial charge in [0, 0.05) is 0 Å². The monoisotopic (exact) mass is 270 g/mol. The lowest BCUT2D eigenvalue weighted by atomic mass is 9.94. The van der Waals surface area contributed by atoms with Crippen LogP contribution in [-0.4, -0.2) is 24.2 Å². The van der Waals surface area contributed by atoms with E-state index in [1.807, 2.05) is 30.3 Å². The van der Waals surface area contributed by atoms with Crippen molar-refractivity contribution in [3.63, 3.8) is 0 Å². The Morgan fingerprint density at radius 3 is 2.80 bits per heavy atom. The van der Waals surface area contributed by atoms with Crippen LogP contribution < -0.4 is 5.32 Å². The van der Waals surface area contributed by atoms with Gasteiger partial charge in [0.05, 0.1) is 24.3 Å². The minimum atomic E-state index is -0.628. The summed E-state index contributed by atoms with van der Waals surface area (Å²) >= 11 is 0. The zero-order chi connectivity index (χ0) is 13.9. The molecule has 1 N–H and O–H groups in total. The minimum absolute atomic E-state index is 0.0906. The summed E-state index contributed by atoms with van der Waals surface area (Å²) in [7, 11) is 0. The first kappa shape index (κ1) is 13.1. The predicted molar refractivity (Wildman–Crippen MR) is 73.7 cm³/mol. The molecule has 0 saturated carbocycles. The third kappa shape index (κ3) is 2.68. The molecule has 3 rings (SSSR count). The molecule has 0 spiro atoms. The SMILES string of the molecule is N#CC(Cc1ccccc1)C(=O)NC1CC2CCC1O2. The van der Waals surface area contributed by atoms with Gasteiger partial charge in [0.15, 0.2) is 0 Å². The van der Waals surface area contributed by atoms with Gasteiger partial charge in [-0.2, -0.15) is 5.26 Å². The van der Waals surface area contributed by atoms with Gasteiger partial charge in [-0.05, 0) is 31.2 Å². The second-order valence-electron chi connectivity index (χ2n) is 5.60. The molecule has 1 amide bonds. The second kappa shape index (κ2) is 5.64. The van der Waals surface area contributed by atoms with Crippen molar-refractivity contribution in [1.82, 2.24) is 5.32 Å². The van der Waals surface area contributed by atoms with E-state index in [0.717, 1.165) is 24.8 Å². The lowest BCUT2D eigenvalue weighted by Gasteiger charge is -2.21. The molecule has 4 unspecified atom stereocenters. The fraction of sp³-hybridized carbons (Fsp3) is 0.500. The summed E-state index contributed by atoms with van der Waals surface area (Å²) in [5.74, 6) is -0.797. The third-order valence-corrected chi connectivity index (χ3v) is 4.19. The molecular weight excluding hydrogens is 252 g/mol. The summed E-state index contributed by atoms with van der Waals surface area (Å²) in [6, 6.07) is 11.9. The summed E-state index contributed by atoms with van der Waals surface area (Å²) < 4.78 is 5.72. The first-order valence-electron chi connectivity index (χ1n) is 7.15. The van der Waals surface area contributed by atoms with Gasteiger partial charge in [-0.15, -0.1) is 0 Å². The topological polar surface area (TPSA) is 62.1 Å². The van der Waals surface area contributed by atoms with Crippen LogP contribution >= 0.6 is 0 Å². The fourth-order valence-corrected chi connectivity index (χ4v) is 3.12. The molecule has 2 aliphatic heterocycles. The second-order valence-corrected chi connectivity index (χ2v) is 5.60. The van der Waals surface area contributed by atoms with Crippen LogP contribution in [0.25, 0.3) is 0 Å². The van der Waals surface area contributed by atoms with Crippen molar-refractivity contribution in [2.45, 2.75) is 43.9 Å². The molecule has 0 aromatic heterocycles. The van der Waals surface area contributed by atoms with Crippen LogP contribution in [0, 0.1) is 17.2 Å². The van der Waals surface area contributed by atoms with Crippen molar-refractivity contribution >= 4 is 5.91 Å². The number of nitriles is 1. The van der Waals surface area contributed by atoms with Crippen molar-refractivity contribution in [2.75, 3.05) is 0 Å². The smallest absolute Gasteiger partial charge is 0.238 e. The third-order valence-electron chi connectivity index (χ3n) is 4.19. The highest BCUT2D eigenvalue weighted by atomic mass is 16.5. The zero-order valence-corrected chi connectivity index (χ0v) is 11.3. The van der Waals surface area contributed by atoms with Gasteiger partial charge in [0.25, 0.3) is 0 Å². The van der Waals surface area contributed by atoms with E-state index in [1.54, 1.807) is 0 Å². The number of hydrogen-bond acceptors (Lipinski definition) is 3. The molecule has 1 aromatic rings. The fourth-order valence-electron chi connectivity index (χ4n) is 3.12. The Labute approximate surface area is 118 Å². The maximum absolute atomic E-state index is 12.2. The van der Waals surface area contributed by atoms with Crippen LogP contribution in [0.4, 0.5) is 0 Å². The van der Waals surface area contributed by atoms with Crippen molar-refractivity contribution in [1.29, 1.82) is 5.26 Å². The predicted octanol–water partition coefficient (Wildman–Crippen LogP) is 1.80. The molecule has 2 aliphatic rings. The van der Waals surface area contributed by atoms with E-state index in [4.69, 9.17) is 4.74 Å². The lowest BCUT2D eigenvalue weighted by Crippen LogP contribution is -2.44. The van der Waals surface area contributed by atoms with Crippen molar-refractivity contribution in [3.05, 3.63) is 35.9 Å². The van der Waals surface area contributed by atoms with E-state index in [9.17, 15) is 10.1 Å². The number of ether oxygens (including phenoxy) is 1. The number of carbonyl (C=O) groups is 1. The van der Waals surface area contributed by atoms with Crippen LogP contribution in [0.1, 0.15) is 24.8 Å². The van der Waals surface area contributed by atoms with E-state index in [2.05, 4.69) is 11.4 Å². The Morgan fingerprint density at radius 2 is 2.20 bits per heavy atom. The van der Waals surface area contributed by atoms with Crippen LogP contribution in [0.5, 0.6) is 0 Å². The lowest BCUT2D eigenvalue weighted by molar-refractivity contribution is -0.124. The van der Waals surface area contributed by atoms with Crippen molar-refractivity contribution in [3.8, 4) is 6.07 Å². The van der Waals surface area contributed by atoms with Gasteiger partial charge < -0.3 is 10.1 Å². The van der Waals surface area contributed by atoms with Crippen molar-refractivity contribution < 1.29 is 9.53 Å². The average molecular weight is 270 g/mol. The number of hydrogen-bond donors (Lipinski definition) is 1. The molecule has 0 aliphatic carbocycles. The highest BCUT2D eigenvalue weighted by Crippen LogP contribution is 2.34. The maximum atomic E-state index is 12.2. The maximum Gasteiger partial charge on any atom is 0.238 e. The van der Waals surface area contributed by atoms with E-state index in [-0.39, 0.29) is 18.1 Å².